The van der Waals surface area contributed by atoms with E-state index in [1.165, 1.54) is 33.9 Å². The lowest BCUT2D eigenvalue weighted by atomic mass is 9.97. The van der Waals surface area contributed by atoms with Crippen molar-refractivity contribution in [2.75, 3.05) is 0 Å². The molecule has 0 amide bonds. The van der Waals surface area contributed by atoms with Crippen LogP contribution in [0.3, 0.4) is 0 Å². The molecule has 0 aromatic heterocycles. The third-order valence-electron chi connectivity index (χ3n) is 7.13. The maximum absolute atomic E-state index is 13.2. The average Bonchev–Trinajstić information content (AvgIpc) is 3.50. The van der Waals surface area contributed by atoms with Crippen molar-refractivity contribution in [2.45, 2.75) is 41.0 Å². The molecule has 0 bridgehead atoms. The van der Waals surface area contributed by atoms with E-state index in [0.717, 1.165) is 56.3 Å². The number of aryl methyl sites for hydroxylation is 3. The van der Waals surface area contributed by atoms with Gasteiger partial charge >= 0.3 is 0 Å². The summed E-state index contributed by atoms with van der Waals surface area (Å²) in [6, 6.07) is 23.9. The molecule has 3 heteroatoms. The molecule has 0 radical (unpaired) electrons. The van der Waals surface area contributed by atoms with Crippen LogP contribution in [0.15, 0.2) is 91.0 Å². The van der Waals surface area contributed by atoms with Crippen LogP contribution in [0.1, 0.15) is 57.5 Å². The minimum Gasteiger partial charge on any atom is -0.207 e. The number of hydrogen-bond acceptors (Lipinski definition) is 0. The Morgan fingerprint density at radius 1 is 0.718 bits per heavy atom. The van der Waals surface area contributed by atoms with Crippen molar-refractivity contribution in [3.63, 3.8) is 0 Å². The van der Waals surface area contributed by atoms with Gasteiger partial charge in [-0.2, -0.15) is 0 Å². The van der Waals surface area contributed by atoms with E-state index in [9.17, 15) is 4.39 Å². The highest BCUT2D eigenvalue weighted by Gasteiger charge is 2.16. The van der Waals surface area contributed by atoms with Crippen molar-refractivity contribution in [1.29, 1.82) is 0 Å². The summed E-state index contributed by atoms with van der Waals surface area (Å²) in [6.45, 7) is 6.19. The summed E-state index contributed by atoms with van der Waals surface area (Å²) in [5.74, 6) is -0.177. The molecule has 0 fully saturated rings. The standard InChI is InChI=1S/C18H14ClF.C17H15Cl.CH4/c1-12-3-2-4-14(18(12)19)7-5-13-6-8-15-11-16(20)9-10-17(13)15;1-11-3-6-15-13(9-11)4-7-16(15)14-5-8-17(18)12(2)10-14;/h2-7,9-11H,8H2,1H3;3,5-10H,4H2,1-2H3;1H4/b7-5+;;. The lowest BCUT2D eigenvalue weighted by Gasteiger charge is -2.08. The lowest BCUT2D eigenvalue weighted by Crippen LogP contribution is -1.89. The van der Waals surface area contributed by atoms with Gasteiger partial charge in [-0.25, -0.2) is 4.39 Å². The zero-order valence-corrected chi connectivity index (χ0v) is 23.3. The molecule has 2 aliphatic rings. The first-order chi connectivity index (χ1) is 18.3. The third kappa shape index (κ3) is 6.27. The molecule has 0 saturated carbocycles. The summed E-state index contributed by atoms with van der Waals surface area (Å²) in [6.07, 6.45) is 10.3. The highest BCUT2D eigenvalue weighted by atomic mass is 35.5. The number of fused-ring (bicyclic) bond motifs is 2. The molecule has 0 nitrogen and oxygen atoms in total. The van der Waals surface area contributed by atoms with E-state index in [1.807, 2.05) is 49.4 Å². The predicted octanol–water partition coefficient (Wildman–Crippen LogP) is 11.0. The van der Waals surface area contributed by atoms with E-state index in [2.05, 4.69) is 56.3 Å². The second kappa shape index (κ2) is 12.2. The quantitative estimate of drug-likeness (QED) is 0.236. The minimum atomic E-state index is -0.177. The van der Waals surface area contributed by atoms with Gasteiger partial charge in [0, 0.05) is 5.02 Å². The Bertz CT molecular complexity index is 1620. The van der Waals surface area contributed by atoms with Crippen LogP contribution in [0.25, 0.3) is 17.2 Å². The first-order valence-corrected chi connectivity index (χ1v) is 13.5. The Kier molecular flexibility index (Phi) is 8.95. The Hall–Kier alpha value is -3.39. The third-order valence-corrected chi connectivity index (χ3v) is 8.07. The molecule has 4 aromatic rings. The molecule has 6 rings (SSSR count). The molecule has 2 aliphatic carbocycles. The van der Waals surface area contributed by atoms with Gasteiger partial charge < -0.3 is 0 Å². The maximum Gasteiger partial charge on any atom is 0.123 e. The van der Waals surface area contributed by atoms with Gasteiger partial charge in [0.15, 0.2) is 0 Å². The van der Waals surface area contributed by atoms with Crippen LogP contribution in [0.2, 0.25) is 10.0 Å². The molecule has 0 saturated heterocycles. The molecule has 0 atom stereocenters. The number of allylic oxidation sites excluding steroid dienone is 4. The molecule has 0 heterocycles. The van der Waals surface area contributed by atoms with E-state index in [0.29, 0.717) is 0 Å². The highest BCUT2D eigenvalue weighted by Crippen LogP contribution is 2.34. The monoisotopic (exact) mass is 554 g/mol. The molecule has 4 aromatic carbocycles. The topological polar surface area (TPSA) is 0 Å². The molecular formula is C36H33Cl2F. The van der Waals surface area contributed by atoms with Gasteiger partial charge in [0.25, 0.3) is 0 Å². The van der Waals surface area contributed by atoms with Crippen molar-refractivity contribution in [3.05, 3.63) is 157 Å². The van der Waals surface area contributed by atoms with Gasteiger partial charge in [-0.05, 0) is 114 Å². The van der Waals surface area contributed by atoms with Gasteiger partial charge in [0.05, 0.1) is 5.02 Å². The number of benzene rings is 4. The Labute approximate surface area is 242 Å². The van der Waals surface area contributed by atoms with Crippen LogP contribution >= 0.6 is 23.2 Å². The zero-order chi connectivity index (χ0) is 26.8. The normalized spacial score (nSPS) is 13.2. The van der Waals surface area contributed by atoms with Crippen LogP contribution in [0, 0.1) is 26.6 Å². The summed E-state index contributed by atoms with van der Waals surface area (Å²) < 4.78 is 13.2. The Morgan fingerprint density at radius 2 is 1.46 bits per heavy atom. The summed E-state index contributed by atoms with van der Waals surface area (Å²) >= 11 is 12.4. The molecule has 0 unspecified atom stereocenters. The van der Waals surface area contributed by atoms with E-state index in [4.69, 9.17) is 23.2 Å². The van der Waals surface area contributed by atoms with Crippen LogP contribution < -0.4 is 0 Å². The fraction of sp³-hybridized carbons (Fsp3) is 0.167. The maximum atomic E-state index is 13.2. The van der Waals surface area contributed by atoms with E-state index < -0.39 is 0 Å². The number of rotatable bonds is 3. The molecule has 198 valence electrons. The van der Waals surface area contributed by atoms with Gasteiger partial charge in [-0.1, -0.05) is 109 Å². The summed E-state index contributed by atoms with van der Waals surface area (Å²) in [5.41, 5.74) is 13.2. The molecule has 0 N–H and O–H groups in total. The van der Waals surface area contributed by atoms with Crippen molar-refractivity contribution < 1.29 is 4.39 Å². The second-order valence-corrected chi connectivity index (χ2v) is 10.7. The van der Waals surface area contributed by atoms with Gasteiger partial charge in [-0.15, -0.1) is 0 Å². The smallest absolute Gasteiger partial charge is 0.123 e. The summed E-state index contributed by atoms with van der Waals surface area (Å²) in [7, 11) is 0. The van der Waals surface area contributed by atoms with Crippen molar-refractivity contribution >= 4 is 40.4 Å². The van der Waals surface area contributed by atoms with Crippen LogP contribution in [0.5, 0.6) is 0 Å². The Balaban J connectivity index is 0.000000177. The SMILES string of the molecule is C.Cc1ccc2c(c1)CC=C2c1ccc(Cl)c(C)c1.Cc1cccc(/C=C/C2=CCc3cc(F)ccc32)c1Cl. The lowest BCUT2D eigenvalue weighted by molar-refractivity contribution is 0.626. The van der Waals surface area contributed by atoms with Gasteiger partial charge in [0.2, 0.25) is 0 Å². The predicted molar refractivity (Wildman–Crippen MR) is 168 cm³/mol. The first kappa shape index (κ1) is 28.6. The van der Waals surface area contributed by atoms with E-state index in [1.54, 1.807) is 6.07 Å². The van der Waals surface area contributed by atoms with Crippen molar-refractivity contribution in [2.24, 2.45) is 0 Å². The van der Waals surface area contributed by atoms with Gasteiger partial charge in [0.1, 0.15) is 5.82 Å². The van der Waals surface area contributed by atoms with Crippen LogP contribution in [0.4, 0.5) is 4.39 Å². The molecule has 39 heavy (non-hydrogen) atoms. The average molecular weight is 556 g/mol. The highest BCUT2D eigenvalue weighted by molar-refractivity contribution is 6.32. The number of hydrogen-bond donors (Lipinski definition) is 0. The fourth-order valence-electron chi connectivity index (χ4n) is 5.04. The zero-order valence-electron chi connectivity index (χ0n) is 21.8. The van der Waals surface area contributed by atoms with E-state index >= 15 is 0 Å². The molecule has 0 spiro atoms. The first-order valence-electron chi connectivity index (χ1n) is 12.8. The van der Waals surface area contributed by atoms with Gasteiger partial charge in [-0.3, -0.25) is 0 Å². The van der Waals surface area contributed by atoms with Crippen molar-refractivity contribution in [1.82, 2.24) is 0 Å². The fourth-order valence-corrected chi connectivity index (χ4v) is 5.35. The van der Waals surface area contributed by atoms with Crippen LogP contribution in [-0.4, -0.2) is 0 Å². The minimum absolute atomic E-state index is 0. The largest absolute Gasteiger partial charge is 0.207 e. The summed E-state index contributed by atoms with van der Waals surface area (Å²) in [4.78, 5) is 0. The molecular weight excluding hydrogens is 522 g/mol. The summed E-state index contributed by atoms with van der Waals surface area (Å²) in [5, 5.41) is 1.61. The van der Waals surface area contributed by atoms with Crippen molar-refractivity contribution in [3.8, 4) is 0 Å². The second-order valence-electron chi connectivity index (χ2n) is 9.92. The Morgan fingerprint density at radius 3 is 2.26 bits per heavy atom. The molecule has 0 aliphatic heterocycles. The van der Waals surface area contributed by atoms with E-state index in [-0.39, 0.29) is 13.2 Å². The van der Waals surface area contributed by atoms with Crippen LogP contribution in [-0.2, 0) is 12.8 Å². The number of halogens is 3.